The number of nitrogens with zero attached hydrogens (tertiary/aromatic N) is 1. The molecular weight excluding hydrogens is 392 g/mol. The third-order valence-electron chi connectivity index (χ3n) is 3.59. The number of hydrogen-bond acceptors (Lipinski definition) is 1. The van der Waals surface area contributed by atoms with Gasteiger partial charge in [0.25, 0.3) is 0 Å². The Morgan fingerprint density at radius 2 is 1.64 bits per heavy atom. The molecule has 114 valence electrons. The molecule has 0 unspecified atom stereocenters. The first-order valence-corrected chi connectivity index (χ1v) is 13.3. The molecule has 3 aromatic rings. The number of hydrogen-bond donors (Lipinski definition) is 0. The number of benzene rings is 2. The van der Waals surface area contributed by atoms with Gasteiger partial charge in [0.1, 0.15) is 0 Å². The van der Waals surface area contributed by atoms with Gasteiger partial charge < -0.3 is 4.90 Å². The van der Waals surface area contributed by atoms with Crippen molar-refractivity contribution in [3.63, 3.8) is 0 Å². The van der Waals surface area contributed by atoms with Crippen LogP contribution >= 0.6 is 17.0 Å². The fraction of sp³-hybridized carbons (Fsp3) is 0.167. The molecule has 0 fully saturated rings. The first-order chi connectivity index (χ1) is 10.6. The summed E-state index contributed by atoms with van der Waals surface area (Å²) in [6.45, 7) is 2.15. The topological polar surface area (TPSA) is 3.24 Å². The Kier molecular flexibility index (Phi) is 6.62. The second-order valence-corrected chi connectivity index (χ2v) is 9.09. The molecule has 3 aromatic carbocycles. The van der Waals surface area contributed by atoms with Gasteiger partial charge in [-0.25, -0.2) is 0 Å². The first kappa shape index (κ1) is 17.7. The molecule has 22 heavy (non-hydrogen) atoms. The summed E-state index contributed by atoms with van der Waals surface area (Å²) in [5.41, 5.74) is 5.15. The minimum absolute atomic E-state index is 0.826. The van der Waals surface area contributed by atoms with Crippen LogP contribution in [0.4, 0.5) is 5.69 Å². The van der Waals surface area contributed by atoms with Gasteiger partial charge in [-0.2, -0.15) is 6.07 Å². The van der Waals surface area contributed by atoms with Gasteiger partial charge in [0.2, 0.25) is 0 Å². The maximum atomic E-state index is 4.93. The average molecular weight is 410 g/mol. The van der Waals surface area contributed by atoms with Gasteiger partial charge in [0.15, 0.2) is 0 Å². The molecule has 0 spiro atoms. The van der Waals surface area contributed by atoms with Crippen molar-refractivity contribution >= 4 is 33.5 Å². The molecule has 0 radical (unpaired) electrons. The Balaban J connectivity index is 0.000000545. The fourth-order valence-electron chi connectivity index (χ4n) is 2.58. The normalized spacial score (nSPS) is 10.0. The molecule has 0 bridgehead atoms. The van der Waals surface area contributed by atoms with E-state index in [4.69, 9.17) is 17.0 Å². The maximum absolute atomic E-state index is 4.93. The van der Waals surface area contributed by atoms with E-state index in [9.17, 15) is 0 Å². The third-order valence-corrected chi connectivity index (χ3v) is 3.59. The van der Waals surface area contributed by atoms with E-state index in [-0.39, 0.29) is 0 Å². The minimum atomic E-state index is -0.826. The van der Waals surface area contributed by atoms with Crippen LogP contribution < -0.4 is 4.90 Å². The summed E-state index contributed by atoms with van der Waals surface area (Å²) >= 11 is -0.826. The molecule has 0 aliphatic carbocycles. The molecule has 3 rings (SSSR count). The number of halogens is 2. The van der Waals surface area contributed by atoms with Crippen LogP contribution in [0.15, 0.2) is 54.6 Å². The van der Waals surface area contributed by atoms with E-state index < -0.39 is 20.8 Å². The fourth-order valence-corrected chi connectivity index (χ4v) is 2.58. The second-order valence-electron chi connectivity index (χ2n) is 5.35. The summed E-state index contributed by atoms with van der Waals surface area (Å²) in [5.74, 6) is 0. The number of fused-ring (bicyclic) bond motifs is 1. The summed E-state index contributed by atoms with van der Waals surface area (Å²) in [5, 5.41) is 2.67. The third kappa shape index (κ3) is 4.19. The van der Waals surface area contributed by atoms with Crippen molar-refractivity contribution in [1.82, 2.24) is 0 Å². The van der Waals surface area contributed by atoms with E-state index in [1.165, 1.54) is 33.2 Å². The van der Waals surface area contributed by atoms with E-state index in [1.54, 1.807) is 0 Å². The van der Waals surface area contributed by atoms with Crippen LogP contribution in [0.1, 0.15) is 5.56 Å². The van der Waals surface area contributed by atoms with Crippen LogP contribution in [0, 0.1) is 6.92 Å². The van der Waals surface area contributed by atoms with Crippen LogP contribution in [-0.2, 0) is 20.8 Å². The van der Waals surface area contributed by atoms with Gasteiger partial charge in [-0.3, -0.25) is 0 Å². The van der Waals surface area contributed by atoms with Crippen LogP contribution in [-0.4, -0.2) is 14.1 Å². The average Bonchev–Trinajstić information content (AvgIpc) is 2.88. The van der Waals surface area contributed by atoms with E-state index in [0.717, 1.165) is 0 Å². The Labute approximate surface area is 150 Å². The van der Waals surface area contributed by atoms with Crippen LogP contribution in [0.25, 0.3) is 21.9 Å². The van der Waals surface area contributed by atoms with Gasteiger partial charge in [0, 0.05) is 19.8 Å². The zero-order valence-corrected chi connectivity index (χ0v) is 16.9. The van der Waals surface area contributed by atoms with E-state index in [1.807, 2.05) is 0 Å². The summed E-state index contributed by atoms with van der Waals surface area (Å²) in [6.07, 6.45) is 0. The van der Waals surface area contributed by atoms with Crippen molar-refractivity contribution in [1.29, 1.82) is 0 Å². The molecule has 0 atom stereocenters. The second kappa shape index (κ2) is 8.25. The molecule has 0 aliphatic heterocycles. The van der Waals surface area contributed by atoms with Crippen LogP contribution in [0.2, 0.25) is 0 Å². The standard InChI is InChI=1S/C18H18N.2ClH.Zr/c1-13-11-15-5-4-6-17(18(15)12-13)14-7-9-16(10-8-14)19(2)3;;;/h4-12H,1-3H3;2*1H;/q-1;;;+2/p-2. The number of anilines is 1. The van der Waals surface area contributed by atoms with Crippen molar-refractivity contribution in [2.24, 2.45) is 0 Å². The summed E-state index contributed by atoms with van der Waals surface area (Å²) in [6, 6.07) is 19.8. The van der Waals surface area contributed by atoms with Gasteiger partial charge >= 0.3 is 37.9 Å². The molecule has 0 heterocycles. The van der Waals surface area contributed by atoms with Crippen molar-refractivity contribution in [2.45, 2.75) is 6.92 Å². The van der Waals surface area contributed by atoms with E-state index >= 15 is 0 Å². The van der Waals surface area contributed by atoms with Gasteiger partial charge in [-0.05, 0) is 17.7 Å². The quantitative estimate of drug-likeness (QED) is 0.470. The Bertz CT molecular complexity index is 732. The zero-order valence-electron chi connectivity index (χ0n) is 12.9. The Hall–Kier alpha value is -0.687. The predicted octanol–water partition coefficient (Wildman–Crippen LogP) is 5.98. The first-order valence-electron chi connectivity index (χ1n) is 6.97. The van der Waals surface area contributed by atoms with Gasteiger partial charge in [-0.1, -0.05) is 30.7 Å². The van der Waals surface area contributed by atoms with E-state index in [0.29, 0.717) is 0 Å². The zero-order chi connectivity index (χ0) is 16.1. The van der Waals surface area contributed by atoms with E-state index in [2.05, 4.69) is 80.5 Å². The molecule has 0 aromatic heterocycles. The molecule has 0 N–H and O–H groups in total. The van der Waals surface area contributed by atoms with Crippen molar-refractivity contribution in [3.05, 3.63) is 60.2 Å². The van der Waals surface area contributed by atoms with Crippen LogP contribution in [0.3, 0.4) is 0 Å². The predicted molar refractivity (Wildman–Crippen MR) is 95.7 cm³/mol. The van der Waals surface area contributed by atoms with Crippen molar-refractivity contribution in [2.75, 3.05) is 19.0 Å². The summed E-state index contributed by atoms with van der Waals surface area (Å²) < 4.78 is 0. The number of aryl methyl sites for hydroxylation is 1. The van der Waals surface area contributed by atoms with Gasteiger partial charge in [0.05, 0.1) is 0 Å². The van der Waals surface area contributed by atoms with Crippen molar-refractivity contribution in [3.8, 4) is 11.1 Å². The molecule has 0 saturated heterocycles. The number of rotatable bonds is 2. The molecule has 0 saturated carbocycles. The molecule has 4 heteroatoms. The van der Waals surface area contributed by atoms with Crippen LogP contribution in [0.5, 0.6) is 0 Å². The Morgan fingerprint density at radius 1 is 1.00 bits per heavy atom. The molecule has 1 nitrogen and oxygen atoms in total. The molecule has 0 aliphatic rings. The summed E-state index contributed by atoms with van der Waals surface area (Å²) in [7, 11) is 14.0. The van der Waals surface area contributed by atoms with Gasteiger partial charge in [-0.15, -0.1) is 34.5 Å². The monoisotopic (exact) mass is 408 g/mol. The summed E-state index contributed by atoms with van der Waals surface area (Å²) in [4.78, 5) is 2.12. The molecule has 0 amide bonds. The SMILES string of the molecule is Cc1cc2c(-c3ccc(N(C)C)cc3)cccc2[cH-]1.[Cl][Zr][Cl]. The molecular formula is C18H18Cl2NZr-. The van der Waals surface area contributed by atoms with Crippen molar-refractivity contribution < 1.29 is 20.8 Å². The Morgan fingerprint density at radius 3 is 2.23 bits per heavy atom.